The van der Waals surface area contributed by atoms with Crippen LogP contribution in [0.2, 0.25) is 0 Å². The molecule has 0 unspecified atom stereocenters. The summed E-state index contributed by atoms with van der Waals surface area (Å²) in [5, 5.41) is 13.3. The Morgan fingerprint density at radius 1 is 0.962 bits per heavy atom. The lowest BCUT2D eigenvalue weighted by Gasteiger charge is -2.02. The van der Waals surface area contributed by atoms with Crippen LogP contribution < -0.4 is 10.5 Å². The SMILES string of the molecule is O=c1oc(OCCCCCCc2ccccc2)nn1-c1ccc(O)cc1. The van der Waals surface area contributed by atoms with Gasteiger partial charge in [0.2, 0.25) is 0 Å². The Morgan fingerprint density at radius 2 is 1.69 bits per heavy atom. The van der Waals surface area contributed by atoms with Gasteiger partial charge in [-0.05, 0) is 49.1 Å². The van der Waals surface area contributed by atoms with Crippen molar-refractivity contribution in [3.63, 3.8) is 0 Å². The van der Waals surface area contributed by atoms with Crippen molar-refractivity contribution >= 4 is 0 Å². The van der Waals surface area contributed by atoms with Crippen LogP contribution in [0, 0.1) is 0 Å². The van der Waals surface area contributed by atoms with Crippen LogP contribution in [0.5, 0.6) is 11.8 Å². The molecule has 1 aromatic heterocycles. The number of phenols is 1. The van der Waals surface area contributed by atoms with Gasteiger partial charge in [-0.25, -0.2) is 4.79 Å². The van der Waals surface area contributed by atoms with Crippen LogP contribution in [-0.4, -0.2) is 21.5 Å². The number of hydrogen-bond acceptors (Lipinski definition) is 5. The third-order valence-corrected chi connectivity index (χ3v) is 4.05. The molecule has 0 aliphatic carbocycles. The normalized spacial score (nSPS) is 10.8. The number of aryl methyl sites for hydroxylation is 1. The summed E-state index contributed by atoms with van der Waals surface area (Å²) in [5.74, 6) is -0.498. The van der Waals surface area contributed by atoms with Crippen molar-refractivity contribution in [1.29, 1.82) is 0 Å². The van der Waals surface area contributed by atoms with Crippen molar-refractivity contribution in [2.45, 2.75) is 32.1 Å². The van der Waals surface area contributed by atoms with Crippen molar-refractivity contribution in [2.75, 3.05) is 6.61 Å². The van der Waals surface area contributed by atoms with Crippen molar-refractivity contribution in [2.24, 2.45) is 0 Å². The van der Waals surface area contributed by atoms with Gasteiger partial charge in [0.25, 0.3) is 0 Å². The summed E-state index contributed by atoms with van der Waals surface area (Å²) in [5.41, 5.74) is 1.87. The van der Waals surface area contributed by atoms with E-state index in [-0.39, 0.29) is 11.8 Å². The van der Waals surface area contributed by atoms with Gasteiger partial charge < -0.3 is 14.3 Å². The summed E-state index contributed by atoms with van der Waals surface area (Å²) < 4.78 is 11.5. The first-order chi connectivity index (χ1) is 12.7. The molecule has 0 bridgehead atoms. The van der Waals surface area contributed by atoms with Crippen LogP contribution in [0.15, 0.2) is 63.8 Å². The molecule has 0 atom stereocenters. The zero-order valence-corrected chi connectivity index (χ0v) is 14.5. The maximum Gasteiger partial charge on any atom is 0.444 e. The average Bonchev–Trinajstić information content (AvgIpc) is 3.03. The monoisotopic (exact) mass is 354 g/mol. The van der Waals surface area contributed by atoms with E-state index < -0.39 is 5.76 Å². The molecular formula is C20H22N2O4. The Kier molecular flexibility index (Phi) is 6.09. The lowest BCUT2D eigenvalue weighted by atomic mass is 10.1. The number of rotatable bonds is 9. The van der Waals surface area contributed by atoms with Crippen molar-refractivity contribution < 1.29 is 14.3 Å². The van der Waals surface area contributed by atoms with Gasteiger partial charge in [0.15, 0.2) is 0 Å². The minimum atomic E-state index is -0.617. The lowest BCUT2D eigenvalue weighted by Crippen LogP contribution is -2.13. The minimum Gasteiger partial charge on any atom is -0.508 e. The molecule has 3 aromatic rings. The van der Waals surface area contributed by atoms with Gasteiger partial charge in [-0.3, -0.25) is 0 Å². The summed E-state index contributed by atoms with van der Waals surface area (Å²) in [4.78, 5) is 11.8. The van der Waals surface area contributed by atoms with Gasteiger partial charge in [-0.2, -0.15) is 4.68 Å². The molecule has 1 N–H and O–H groups in total. The predicted molar refractivity (Wildman–Crippen MR) is 97.9 cm³/mol. The summed E-state index contributed by atoms with van der Waals surface area (Å²) in [6, 6.07) is 16.6. The molecule has 0 radical (unpaired) electrons. The first-order valence-electron chi connectivity index (χ1n) is 8.79. The minimum absolute atomic E-state index is 0.0349. The first kappa shape index (κ1) is 17.8. The largest absolute Gasteiger partial charge is 0.508 e. The quantitative estimate of drug-likeness (QED) is 0.593. The van der Waals surface area contributed by atoms with Gasteiger partial charge >= 0.3 is 11.8 Å². The second-order valence-corrected chi connectivity index (χ2v) is 6.06. The maximum absolute atomic E-state index is 11.8. The van der Waals surface area contributed by atoms with E-state index in [0.29, 0.717) is 12.3 Å². The van der Waals surface area contributed by atoms with E-state index in [1.54, 1.807) is 12.1 Å². The molecule has 0 amide bonds. The fourth-order valence-corrected chi connectivity index (χ4v) is 2.67. The molecule has 0 spiro atoms. The Hall–Kier alpha value is -3.02. The van der Waals surface area contributed by atoms with Gasteiger partial charge in [0.05, 0.1) is 12.3 Å². The number of ether oxygens (including phenoxy) is 1. The van der Waals surface area contributed by atoms with E-state index in [4.69, 9.17) is 9.15 Å². The highest BCUT2D eigenvalue weighted by Gasteiger charge is 2.10. The number of benzene rings is 2. The van der Waals surface area contributed by atoms with Crippen molar-refractivity contribution in [1.82, 2.24) is 9.78 Å². The molecule has 6 nitrogen and oxygen atoms in total. The smallest absolute Gasteiger partial charge is 0.444 e. The standard InChI is InChI=1S/C20H22N2O4/c23-18-13-11-17(12-14-18)22-20(24)26-19(21-22)25-15-7-2-1-4-8-16-9-5-3-6-10-16/h3,5-6,9-14,23H,1-2,4,7-8,15H2. The molecule has 6 heteroatoms. The number of aromatic hydroxyl groups is 1. The third-order valence-electron chi connectivity index (χ3n) is 4.05. The summed E-state index contributed by atoms with van der Waals surface area (Å²) >= 11 is 0. The second-order valence-electron chi connectivity index (χ2n) is 6.06. The average molecular weight is 354 g/mol. The Labute approximate surface area is 151 Å². The van der Waals surface area contributed by atoms with Crippen molar-refractivity contribution in [3.8, 4) is 17.5 Å². The maximum atomic E-state index is 11.8. The second kappa shape index (κ2) is 8.89. The molecule has 0 saturated heterocycles. The van der Waals surface area contributed by atoms with Crippen LogP contribution in [0.3, 0.4) is 0 Å². The van der Waals surface area contributed by atoms with E-state index in [1.807, 2.05) is 6.07 Å². The fraction of sp³-hybridized carbons (Fsp3) is 0.300. The third kappa shape index (κ3) is 4.99. The molecule has 0 aliphatic heterocycles. The number of nitrogens with zero attached hydrogens (tertiary/aromatic N) is 2. The molecule has 1 heterocycles. The molecule has 0 fully saturated rings. The van der Waals surface area contributed by atoms with Crippen LogP contribution in [-0.2, 0) is 6.42 Å². The van der Waals surface area contributed by atoms with E-state index >= 15 is 0 Å². The Bertz CT molecular complexity index is 854. The highest BCUT2D eigenvalue weighted by molar-refractivity contribution is 5.35. The van der Waals surface area contributed by atoms with E-state index in [2.05, 4.69) is 29.4 Å². The summed E-state index contributed by atoms with van der Waals surface area (Å²) in [7, 11) is 0. The molecule has 0 saturated carbocycles. The lowest BCUT2D eigenvalue weighted by molar-refractivity contribution is 0.219. The zero-order chi connectivity index (χ0) is 18.2. The topological polar surface area (TPSA) is 77.5 Å². The number of aromatic nitrogens is 2. The summed E-state index contributed by atoms with van der Waals surface area (Å²) in [6.07, 6.45) is 5.26. The van der Waals surface area contributed by atoms with Gasteiger partial charge in [0, 0.05) is 0 Å². The number of hydrogen-bond donors (Lipinski definition) is 1. The van der Waals surface area contributed by atoms with Crippen LogP contribution in [0.4, 0.5) is 0 Å². The van der Waals surface area contributed by atoms with E-state index in [1.165, 1.54) is 17.7 Å². The number of phenolic OH excluding ortho intramolecular Hbond substituents is 1. The molecule has 0 aliphatic rings. The zero-order valence-electron chi connectivity index (χ0n) is 14.5. The molecule has 2 aromatic carbocycles. The van der Waals surface area contributed by atoms with E-state index in [9.17, 15) is 9.90 Å². The van der Waals surface area contributed by atoms with Gasteiger partial charge in [-0.15, -0.1) is 0 Å². The highest BCUT2D eigenvalue weighted by atomic mass is 16.6. The molecule has 26 heavy (non-hydrogen) atoms. The summed E-state index contributed by atoms with van der Waals surface area (Å²) in [6.45, 7) is 0.459. The Morgan fingerprint density at radius 3 is 2.46 bits per heavy atom. The predicted octanol–water partition coefficient (Wildman–Crippen LogP) is 3.71. The Balaban J connectivity index is 1.38. The van der Waals surface area contributed by atoms with Gasteiger partial charge in [-0.1, -0.05) is 48.3 Å². The van der Waals surface area contributed by atoms with Crippen LogP contribution in [0.1, 0.15) is 31.2 Å². The van der Waals surface area contributed by atoms with Gasteiger partial charge in [0.1, 0.15) is 5.75 Å². The molecule has 136 valence electrons. The van der Waals surface area contributed by atoms with Crippen molar-refractivity contribution in [3.05, 3.63) is 70.7 Å². The fourth-order valence-electron chi connectivity index (χ4n) is 2.67. The van der Waals surface area contributed by atoms with Crippen LogP contribution in [0.25, 0.3) is 5.69 Å². The molecule has 3 rings (SSSR count). The molecular weight excluding hydrogens is 332 g/mol. The van der Waals surface area contributed by atoms with E-state index in [0.717, 1.165) is 36.8 Å². The number of unbranched alkanes of at least 4 members (excludes halogenated alkanes) is 3. The van der Waals surface area contributed by atoms with Crippen LogP contribution >= 0.6 is 0 Å². The first-order valence-corrected chi connectivity index (χ1v) is 8.79. The highest BCUT2D eigenvalue weighted by Crippen LogP contribution is 2.14.